The summed E-state index contributed by atoms with van der Waals surface area (Å²) in [5, 5.41) is 10.4. The topological polar surface area (TPSA) is 44.0 Å². The number of hydrogen-bond acceptors (Lipinski definition) is 3. The first kappa shape index (κ1) is 8.72. The highest BCUT2D eigenvalue weighted by molar-refractivity contribution is 4.97. The molecule has 1 aromatic rings. The van der Waals surface area contributed by atoms with Crippen molar-refractivity contribution in [2.24, 2.45) is 0 Å². The Labute approximate surface area is 78.3 Å². The molecule has 2 rings (SSSR count). The highest BCUT2D eigenvalue weighted by Gasteiger charge is 2.15. The number of nitrogens with zero attached hydrogens (tertiary/aromatic N) is 2. The van der Waals surface area contributed by atoms with Crippen LogP contribution in [0, 0.1) is 0 Å². The van der Waals surface area contributed by atoms with Crippen molar-refractivity contribution in [2.75, 3.05) is 19.6 Å². The van der Waals surface area contributed by atoms with Crippen molar-refractivity contribution in [1.29, 1.82) is 0 Å². The third-order valence-corrected chi connectivity index (χ3v) is 2.41. The fourth-order valence-electron chi connectivity index (χ4n) is 1.77. The van der Waals surface area contributed by atoms with E-state index in [9.17, 15) is 0 Å². The molecule has 0 aromatic carbocycles. The van der Waals surface area contributed by atoms with Crippen molar-refractivity contribution in [3.63, 3.8) is 0 Å². The van der Waals surface area contributed by atoms with Gasteiger partial charge in [0.25, 0.3) is 0 Å². The van der Waals surface area contributed by atoms with E-state index in [4.69, 9.17) is 0 Å². The first-order chi connectivity index (χ1) is 6.34. The van der Waals surface area contributed by atoms with E-state index in [2.05, 4.69) is 27.3 Å². The van der Waals surface area contributed by atoms with Crippen LogP contribution in [-0.2, 0) is 6.54 Å². The zero-order valence-electron chi connectivity index (χ0n) is 7.95. The van der Waals surface area contributed by atoms with E-state index in [0.717, 1.165) is 26.2 Å². The van der Waals surface area contributed by atoms with Crippen LogP contribution in [-0.4, -0.2) is 40.8 Å². The summed E-state index contributed by atoms with van der Waals surface area (Å²) in [6, 6.07) is 2.64. The third-order valence-electron chi connectivity index (χ3n) is 2.41. The Morgan fingerprint density at radius 1 is 1.69 bits per heavy atom. The number of piperazine rings is 1. The molecule has 0 unspecified atom stereocenters. The molecule has 0 radical (unpaired) electrons. The molecule has 0 amide bonds. The predicted molar refractivity (Wildman–Crippen MR) is 51.3 cm³/mol. The number of rotatable bonds is 2. The smallest absolute Gasteiger partial charge is 0.0492 e. The lowest BCUT2D eigenvalue weighted by molar-refractivity contribution is 0.197. The summed E-state index contributed by atoms with van der Waals surface area (Å²) >= 11 is 0. The minimum atomic E-state index is 0.608. The lowest BCUT2D eigenvalue weighted by atomic mass is 10.2. The van der Waals surface area contributed by atoms with Gasteiger partial charge in [0, 0.05) is 44.1 Å². The molecule has 4 heteroatoms. The molecule has 1 aromatic heterocycles. The number of hydrogen-bond donors (Lipinski definition) is 2. The molecule has 72 valence electrons. The first-order valence-corrected chi connectivity index (χ1v) is 4.78. The van der Waals surface area contributed by atoms with Gasteiger partial charge in [-0.2, -0.15) is 5.10 Å². The lowest BCUT2D eigenvalue weighted by Gasteiger charge is -2.31. The summed E-state index contributed by atoms with van der Waals surface area (Å²) in [5.74, 6) is 0. The van der Waals surface area contributed by atoms with Gasteiger partial charge in [-0.25, -0.2) is 0 Å². The van der Waals surface area contributed by atoms with Crippen LogP contribution in [0.3, 0.4) is 0 Å². The summed E-state index contributed by atoms with van der Waals surface area (Å²) in [7, 11) is 0. The number of aromatic amines is 1. The summed E-state index contributed by atoms with van der Waals surface area (Å²) in [5.41, 5.74) is 1.20. The van der Waals surface area contributed by atoms with Crippen LogP contribution in [0.1, 0.15) is 12.6 Å². The second kappa shape index (κ2) is 3.89. The molecule has 0 saturated carbocycles. The van der Waals surface area contributed by atoms with E-state index >= 15 is 0 Å². The first-order valence-electron chi connectivity index (χ1n) is 4.78. The fraction of sp³-hybridized carbons (Fsp3) is 0.667. The van der Waals surface area contributed by atoms with E-state index < -0.39 is 0 Å². The van der Waals surface area contributed by atoms with Crippen LogP contribution in [0.2, 0.25) is 0 Å². The molecular weight excluding hydrogens is 164 g/mol. The average Bonchev–Trinajstić information content (AvgIpc) is 2.57. The van der Waals surface area contributed by atoms with Gasteiger partial charge < -0.3 is 5.32 Å². The molecule has 0 bridgehead atoms. The highest BCUT2D eigenvalue weighted by atomic mass is 15.2. The summed E-state index contributed by atoms with van der Waals surface area (Å²) < 4.78 is 0. The molecule has 2 N–H and O–H groups in total. The van der Waals surface area contributed by atoms with Crippen LogP contribution in [0.25, 0.3) is 0 Å². The third kappa shape index (κ3) is 2.29. The van der Waals surface area contributed by atoms with Crippen LogP contribution in [0.4, 0.5) is 0 Å². The van der Waals surface area contributed by atoms with Gasteiger partial charge in [-0.15, -0.1) is 0 Å². The van der Waals surface area contributed by atoms with Gasteiger partial charge in [-0.05, 0) is 13.0 Å². The Hall–Kier alpha value is -0.870. The molecule has 4 nitrogen and oxygen atoms in total. The Kier molecular flexibility index (Phi) is 2.61. The lowest BCUT2D eigenvalue weighted by Crippen LogP contribution is -2.48. The van der Waals surface area contributed by atoms with Gasteiger partial charge in [0.05, 0.1) is 0 Å². The Morgan fingerprint density at radius 2 is 2.62 bits per heavy atom. The van der Waals surface area contributed by atoms with E-state index in [1.165, 1.54) is 5.69 Å². The maximum atomic E-state index is 3.94. The average molecular weight is 180 g/mol. The minimum Gasteiger partial charge on any atom is -0.312 e. The van der Waals surface area contributed by atoms with Crippen LogP contribution in [0.15, 0.2) is 12.3 Å². The zero-order valence-corrected chi connectivity index (χ0v) is 7.95. The largest absolute Gasteiger partial charge is 0.312 e. The predicted octanol–water partition coefficient (Wildman–Crippen LogP) is 0.203. The molecule has 0 aliphatic carbocycles. The van der Waals surface area contributed by atoms with Gasteiger partial charge in [0.1, 0.15) is 0 Å². The van der Waals surface area contributed by atoms with E-state index in [0.29, 0.717) is 6.04 Å². The minimum absolute atomic E-state index is 0.608. The van der Waals surface area contributed by atoms with E-state index in [1.54, 1.807) is 6.20 Å². The quantitative estimate of drug-likeness (QED) is 0.683. The molecule has 1 fully saturated rings. The summed E-state index contributed by atoms with van der Waals surface area (Å²) in [6.07, 6.45) is 1.81. The number of aromatic nitrogens is 2. The molecule has 13 heavy (non-hydrogen) atoms. The number of H-pyrrole nitrogens is 1. The van der Waals surface area contributed by atoms with Crippen LogP contribution < -0.4 is 5.32 Å². The van der Waals surface area contributed by atoms with Gasteiger partial charge in [-0.1, -0.05) is 0 Å². The molecule has 2 heterocycles. The Morgan fingerprint density at radius 3 is 3.31 bits per heavy atom. The molecular formula is C9H16N4. The summed E-state index contributed by atoms with van der Waals surface area (Å²) in [6.45, 7) is 6.56. The monoisotopic (exact) mass is 180 g/mol. The van der Waals surface area contributed by atoms with Crippen molar-refractivity contribution in [1.82, 2.24) is 20.4 Å². The normalized spacial score (nSPS) is 24.8. The van der Waals surface area contributed by atoms with Crippen molar-refractivity contribution in [3.05, 3.63) is 18.0 Å². The molecule has 1 atom stereocenters. The summed E-state index contributed by atoms with van der Waals surface area (Å²) in [4.78, 5) is 2.44. The second-order valence-corrected chi connectivity index (χ2v) is 3.67. The maximum Gasteiger partial charge on any atom is 0.0492 e. The molecule has 1 aliphatic heterocycles. The van der Waals surface area contributed by atoms with Crippen molar-refractivity contribution < 1.29 is 0 Å². The van der Waals surface area contributed by atoms with Gasteiger partial charge in [-0.3, -0.25) is 10.00 Å². The molecule has 1 aliphatic rings. The molecule has 1 saturated heterocycles. The SMILES string of the molecule is C[C@H]1CN(Cc2ccn[nH]2)CCN1. The highest BCUT2D eigenvalue weighted by Crippen LogP contribution is 2.03. The second-order valence-electron chi connectivity index (χ2n) is 3.67. The van der Waals surface area contributed by atoms with Crippen molar-refractivity contribution in [2.45, 2.75) is 19.5 Å². The van der Waals surface area contributed by atoms with Gasteiger partial charge in [0.15, 0.2) is 0 Å². The Balaban J connectivity index is 1.87. The molecule has 0 spiro atoms. The van der Waals surface area contributed by atoms with E-state index in [-0.39, 0.29) is 0 Å². The van der Waals surface area contributed by atoms with Crippen LogP contribution in [0.5, 0.6) is 0 Å². The standard InChI is InChI=1S/C9H16N4/c1-8-6-13(5-4-10-8)7-9-2-3-11-12-9/h2-3,8,10H,4-7H2,1H3,(H,11,12)/t8-/m0/s1. The fourth-order valence-corrected chi connectivity index (χ4v) is 1.77. The van der Waals surface area contributed by atoms with E-state index in [1.807, 2.05) is 6.07 Å². The zero-order chi connectivity index (χ0) is 9.10. The number of nitrogens with one attached hydrogen (secondary N) is 2. The van der Waals surface area contributed by atoms with Gasteiger partial charge >= 0.3 is 0 Å². The maximum absolute atomic E-state index is 3.94. The van der Waals surface area contributed by atoms with Gasteiger partial charge in [0.2, 0.25) is 0 Å². The van der Waals surface area contributed by atoms with Crippen molar-refractivity contribution >= 4 is 0 Å². The Bertz CT molecular complexity index is 244. The van der Waals surface area contributed by atoms with Crippen LogP contribution >= 0.6 is 0 Å². The van der Waals surface area contributed by atoms with Crippen molar-refractivity contribution in [3.8, 4) is 0 Å².